The molecule has 0 saturated carbocycles. The first kappa shape index (κ1) is 21.9. The van der Waals surface area contributed by atoms with Crippen molar-refractivity contribution in [3.05, 3.63) is 95.6 Å². The van der Waals surface area contributed by atoms with Crippen LogP contribution in [0.15, 0.2) is 83.8 Å². The predicted octanol–water partition coefficient (Wildman–Crippen LogP) is 6.17. The van der Waals surface area contributed by atoms with Crippen LogP contribution in [0.3, 0.4) is 0 Å². The topological polar surface area (TPSA) is 51.0 Å². The first-order valence-electron chi connectivity index (χ1n) is 11.7. The third kappa shape index (κ3) is 3.28. The number of aromatic nitrogens is 1. The van der Waals surface area contributed by atoms with Gasteiger partial charge in [-0.15, -0.1) is 0 Å². The van der Waals surface area contributed by atoms with Crippen LogP contribution < -0.4 is 4.74 Å². The smallest absolute Gasteiger partial charge is 0.243 e. The van der Waals surface area contributed by atoms with Crippen molar-refractivity contribution in [3.63, 3.8) is 0 Å². The van der Waals surface area contributed by atoms with E-state index in [0.717, 1.165) is 55.3 Å². The zero-order chi connectivity index (χ0) is 24.3. The zero-order valence-corrected chi connectivity index (χ0v) is 20.8. The largest absolute Gasteiger partial charge is 0.496 e. The van der Waals surface area contributed by atoms with Crippen LogP contribution in [0.2, 0.25) is 0 Å². The van der Waals surface area contributed by atoms with E-state index in [2.05, 4.69) is 35.6 Å². The van der Waals surface area contributed by atoms with Crippen molar-refractivity contribution in [2.75, 3.05) is 13.7 Å². The minimum atomic E-state index is -3.68. The molecule has 5 aromatic rings. The Bertz CT molecular complexity index is 1760. The summed E-state index contributed by atoms with van der Waals surface area (Å²) in [5.74, 6) is 0.814. The van der Waals surface area contributed by atoms with E-state index in [4.69, 9.17) is 4.74 Å². The predicted molar refractivity (Wildman–Crippen MR) is 141 cm³/mol. The SMILES string of the molecule is COc1cccc2c1c1c3c(cc4ccccc4n32)CN(S(=O)(=O)c2ccc(C)cc2)C/C=C\1C. The van der Waals surface area contributed by atoms with Crippen LogP contribution in [0.25, 0.3) is 32.9 Å². The minimum absolute atomic E-state index is 0.278. The van der Waals surface area contributed by atoms with Gasteiger partial charge in [-0.3, -0.25) is 0 Å². The summed E-state index contributed by atoms with van der Waals surface area (Å²) in [6, 6.07) is 23.6. The monoisotopic (exact) mass is 482 g/mol. The van der Waals surface area contributed by atoms with Crippen LogP contribution in [-0.4, -0.2) is 30.8 Å². The van der Waals surface area contributed by atoms with E-state index in [1.165, 1.54) is 0 Å². The highest BCUT2D eigenvalue weighted by molar-refractivity contribution is 7.89. The first-order chi connectivity index (χ1) is 16.9. The molecule has 3 aromatic carbocycles. The summed E-state index contributed by atoms with van der Waals surface area (Å²) in [6.45, 7) is 4.59. The molecule has 0 unspecified atom stereocenters. The quantitative estimate of drug-likeness (QED) is 0.309. The average Bonchev–Trinajstić information content (AvgIpc) is 3.21. The van der Waals surface area contributed by atoms with Crippen molar-refractivity contribution in [3.8, 4) is 5.75 Å². The van der Waals surface area contributed by atoms with Gasteiger partial charge in [0.2, 0.25) is 10.0 Å². The number of pyridine rings is 1. The summed E-state index contributed by atoms with van der Waals surface area (Å²) >= 11 is 0. The van der Waals surface area contributed by atoms with Crippen LogP contribution in [0.1, 0.15) is 23.6 Å². The van der Waals surface area contributed by atoms with Crippen molar-refractivity contribution < 1.29 is 13.2 Å². The molecule has 3 heterocycles. The van der Waals surface area contributed by atoms with Gasteiger partial charge in [-0.25, -0.2) is 8.42 Å². The Morgan fingerprint density at radius 1 is 0.886 bits per heavy atom. The van der Waals surface area contributed by atoms with E-state index in [0.29, 0.717) is 11.4 Å². The Morgan fingerprint density at radius 3 is 2.40 bits per heavy atom. The Balaban J connectivity index is 1.69. The second kappa shape index (κ2) is 7.97. The summed E-state index contributed by atoms with van der Waals surface area (Å²) < 4.78 is 37.0. The normalized spacial score (nSPS) is 16.3. The molecule has 0 spiro atoms. The van der Waals surface area contributed by atoms with Crippen LogP contribution in [0.4, 0.5) is 0 Å². The molecule has 0 atom stereocenters. The molecule has 176 valence electrons. The summed E-state index contributed by atoms with van der Waals surface area (Å²) in [5, 5.41) is 2.12. The molecule has 0 aliphatic carbocycles. The molecule has 6 heteroatoms. The number of benzene rings is 3. The van der Waals surface area contributed by atoms with Gasteiger partial charge in [0.15, 0.2) is 0 Å². The van der Waals surface area contributed by atoms with Crippen LogP contribution in [0.5, 0.6) is 5.75 Å². The highest BCUT2D eigenvalue weighted by Gasteiger charge is 2.29. The molecule has 6 rings (SSSR count). The van der Waals surface area contributed by atoms with Crippen molar-refractivity contribution >= 4 is 42.9 Å². The molecular weight excluding hydrogens is 456 g/mol. The lowest BCUT2D eigenvalue weighted by Gasteiger charge is -2.24. The molecule has 0 N–H and O–H groups in total. The molecule has 0 amide bonds. The number of hydrogen-bond acceptors (Lipinski definition) is 3. The third-order valence-corrected chi connectivity index (χ3v) is 8.81. The number of hydrogen-bond donors (Lipinski definition) is 0. The molecule has 1 aliphatic rings. The van der Waals surface area contributed by atoms with Crippen LogP contribution >= 0.6 is 0 Å². The Morgan fingerprint density at radius 2 is 1.63 bits per heavy atom. The number of para-hydroxylation sites is 1. The number of ether oxygens (including phenoxy) is 1. The highest BCUT2D eigenvalue weighted by atomic mass is 32.2. The van der Waals surface area contributed by atoms with Gasteiger partial charge < -0.3 is 9.14 Å². The van der Waals surface area contributed by atoms with Gasteiger partial charge in [-0.1, -0.05) is 48.0 Å². The maximum Gasteiger partial charge on any atom is 0.243 e. The maximum atomic E-state index is 13.7. The van der Waals surface area contributed by atoms with Gasteiger partial charge in [-0.05, 0) is 66.8 Å². The van der Waals surface area contributed by atoms with Gasteiger partial charge >= 0.3 is 0 Å². The number of rotatable bonds is 3. The minimum Gasteiger partial charge on any atom is -0.496 e. The highest BCUT2D eigenvalue weighted by Crippen LogP contribution is 2.42. The molecule has 0 bridgehead atoms. The number of nitrogens with zero attached hydrogens (tertiary/aromatic N) is 2. The van der Waals surface area contributed by atoms with Gasteiger partial charge in [0, 0.05) is 18.7 Å². The molecule has 35 heavy (non-hydrogen) atoms. The number of aryl methyl sites for hydroxylation is 1. The number of sulfonamides is 1. The Hall–Kier alpha value is -3.61. The Labute approximate surface area is 204 Å². The van der Waals surface area contributed by atoms with Crippen molar-refractivity contribution in [1.82, 2.24) is 8.71 Å². The molecule has 1 aliphatic heterocycles. The van der Waals surface area contributed by atoms with E-state index in [9.17, 15) is 8.42 Å². The van der Waals surface area contributed by atoms with E-state index in [1.54, 1.807) is 23.5 Å². The summed E-state index contributed by atoms with van der Waals surface area (Å²) in [7, 11) is -1.99. The standard InChI is InChI=1S/C29H26N2O3S/c1-19-11-13-23(14-12-19)35(32,33)30-16-15-20(2)27-28-25(9-6-10-26(28)34-3)31-24-8-5-4-7-21(24)17-22(18-30)29(27)31/h4-15,17H,16,18H2,1-3H3/b20-15-. The fraction of sp³-hybridized carbons (Fsp3) is 0.172. The number of fused-ring (bicyclic) bond motifs is 5. The van der Waals surface area contributed by atoms with E-state index < -0.39 is 10.0 Å². The number of allylic oxidation sites excluding steroid dienone is 1. The second-order valence-electron chi connectivity index (χ2n) is 9.14. The van der Waals surface area contributed by atoms with E-state index in [1.807, 2.05) is 49.4 Å². The van der Waals surface area contributed by atoms with E-state index in [-0.39, 0.29) is 6.54 Å². The van der Waals surface area contributed by atoms with Gasteiger partial charge in [0.1, 0.15) is 5.75 Å². The average molecular weight is 483 g/mol. The molecule has 0 radical (unpaired) electrons. The van der Waals surface area contributed by atoms with Gasteiger partial charge in [0.05, 0.1) is 33.9 Å². The summed E-state index contributed by atoms with van der Waals surface area (Å²) in [5.41, 5.74) is 7.29. The fourth-order valence-corrected chi connectivity index (χ4v) is 6.60. The molecule has 0 fully saturated rings. The molecule has 0 saturated heterocycles. The summed E-state index contributed by atoms with van der Waals surface area (Å²) in [6.07, 6.45) is 2.02. The van der Waals surface area contributed by atoms with Gasteiger partial charge in [0.25, 0.3) is 0 Å². The lowest BCUT2D eigenvalue weighted by Crippen LogP contribution is -2.31. The fourth-order valence-electron chi connectivity index (χ4n) is 5.24. The maximum absolute atomic E-state index is 13.7. The lowest BCUT2D eigenvalue weighted by atomic mass is 9.99. The van der Waals surface area contributed by atoms with Crippen LogP contribution in [-0.2, 0) is 16.6 Å². The summed E-state index contributed by atoms with van der Waals surface area (Å²) in [4.78, 5) is 0.314. The first-order valence-corrected chi connectivity index (χ1v) is 13.1. The van der Waals surface area contributed by atoms with Crippen LogP contribution in [0, 0.1) is 6.92 Å². The molecular formula is C29H26N2O3S. The second-order valence-corrected chi connectivity index (χ2v) is 11.1. The van der Waals surface area contributed by atoms with Crippen molar-refractivity contribution in [1.29, 1.82) is 0 Å². The van der Waals surface area contributed by atoms with Crippen molar-refractivity contribution in [2.24, 2.45) is 0 Å². The van der Waals surface area contributed by atoms with Gasteiger partial charge in [-0.2, -0.15) is 4.31 Å². The number of methoxy groups -OCH3 is 1. The zero-order valence-electron chi connectivity index (χ0n) is 19.9. The molecule has 2 aromatic heterocycles. The lowest BCUT2D eigenvalue weighted by molar-refractivity contribution is 0.420. The Kier molecular flexibility index (Phi) is 4.99. The van der Waals surface area contributed by atoms with Crippen molar-refractivity contribution in [2.45, 2.75) is 25.3 Å². The van der Waals surface area contributed by atoms with E-state index >= 15 is 0 Å². The molecule has 5 nitrogen and oxygen atoms in total. The third-order valence-electron chi connectivity index (χ3n) is 6.99.